The van der Waals surface area contributed by atoms with E-state index in [0.717, 1.165) is 0 Å². The smallest absolute Gasteiger partial charge is 0.311 e. The Morgan fingerprint density at radius 3 is 2.61 bits per heavy atom. The molecule has 0 bridgehead atoms. The Labute approximate surface area is 106 Å². The van der Waals surface area contributed by atoms with Crippen molar-refractivity contribution in [3.05, 3.63) is 12.7 Å². The third kappa shape index (κ3) is 4.12. The van der Waals surface area contributed by atoms with Crippen molar-refractivity contribution in [3.63, 3.8) is 0 Å². The van der Waals surface area contributed by atoms with Crippen molar-refractivity contribution in [2.45, 2.75) is 12.8 Å². The van der Waals surface area contributed by atoms with Crippen molar-refractivity contribution in [3.8, 4) is 0 Å². The summed E-state index contributed by atoms with van der Waals surface area (Å²) >= 11 is 0. The Morgan fingerprint density at radius 1 is 1.39 bits per heavy atom. The van der Waals surface area contributed by atoms with Crippen LogP contribution in [0.4, 0.5) is 0 Å². The highest BCUT2D eigenvalue weighted by molar-refractivity contribution is 5.80. The normalized spacial score (nSPS) is 18.0. The molecule has 1 saturated heterocycles. The van der Waals surface area contributed by atoms with E-state index in [4.69, 9.17) is 4.74 Å². The van der Waals surface area contributed by atoms with Gasteiger partial charge < -0.3 is 20.5 Å². The molecule has 6 heteroatoms. The van der Waals surface area contributed by atoms with Crippen LogP contribution >= 0.6 is 0 Å². The van der Waals surface area contributed by atoms with Gasteiger partial charge in [0.05, 0.1) is 12.0 Å². The van der Waals surface area contributed by atoms with E-state index < -0.39 is 11.4 Å². The quantitative estimate of drug-likeness (QED) is 0.432. The van der Waals surface area contributed by atoms with Crippen LogP contribution in [0.15, 0.2) is 12.7 Å². The molecule has 3 N–H and O–H groups in total. The van der Waals surface area contributed by atoms with E-state index in [1.54, 1.807) is 6.08 Å². The standard InChI is InChI=1S/C12H20N2O4/c1-2-5-13-8-10(15)14-9-12(11(16)17)3-6-18-7-4-12/h2,13H,1,3-9H2,(H,14,15)(H,16,17). The summed E-state index contributed by atoms with van der Waals surface area (Å²) in [5, 5.41) is 14.8. The van der Waals surface area contributed by atoms with Gasteiger partial charge in [-0.2, -0.15) is 0 Å². The number of carboxylic acid groups (broad SMARTS) is 1. The monoisotopic (exact) mass is 256 g/mol. The topological polar surface area (TPSA) is 87.7 Å². The Kier molecular flexibility index (Phi) is 5.80. The number of nitrogens with one attached hydrogen (secondary N) is 2. The van der Waals surface area contributed by atoms with Crippen molar-refractivity contribution in [2.75, 3.05) is 32.8 Å². The van der Waals surface area contributed by atoms with Gasteiger partial charge in [0.25, 0.3) is 0 Å². The fourth-order valence-corrected chi connectivity index (χ4v) is 1.85. The van der Waals surface area contributed by atoms with Gasteiger partial charge in [0.1, 0.15) is 0 Å². The lowest BCUT2D eigenvalue weighted by atomic mass is 9.80. The molecule has 1 fully saturated rings. The number of rotatable bonds is 7. The maximum absolute atomic E-state index is 11.5. The van der Waals surface area contributed by atoms with Gasteiger partial charge >= 0.3 is 5.97 Å². The van der Waals surface area contributed by atoms with Gasteiger partial charge in [-0.15, -0.1) is 6.58 Å². The minimum Gasteiger partial charge on any atom is -0.481 e. The maximum Gasteiger partial charge on any atom is 0.311 e. The van der Waals surface area contributed by atoms with Crippen LogP contribution < -0.4 is 10.6 Å². The number of hydrogen-bond acceptors (Lipinski definition) is 4. The predicted molar refractivity (Wildman–Crippen MR) is 66.2 cm³/mol. The summed E-state index contributed by atoms with van der Waals surface area (Å²) in [6.45, 7) is 5.25. The molecule has 1 amide bonds. The molecule has 0 aliphatic carbocycles. The minimum atomic E-state index is -0.883. The predicted octanol–water partition coefficient (Wildman–Crippen LogP) is -0.240. The van der Waals surface area contributed by atoms with Crippen molar-refractivity contribution < 1.29 is 19.4 Å². The molecule has 1 aliphatic rings. The molecule has 0 saturated carbocycles. The van der Waals surface area contributed by atoms with Gasteiger partial charge in [-0.05, 0) is 12.8 Å². The molecule has 0 radical (unpaired) electrons. The average Bonchev–Trinajstić information content (AvgIpc) is 2.37. The molecule has 0 unspecified atom stereocenters. The van der Waals surface area contributed by atoms with Crippen LogP contribution in [0, 0.1) is 5.41 Å². The first-order valence-electron chi connectivity index (χ1n) is 6.00. The van der Waals surface area contributed by atoms with E-state index in [1.165, 1.54) is 0 Å². The SMILES string of the molecule is C=CCNCC(=O)NCC1(C(=O)O)CCOCC1. The number of hydrogen-bond donors (Lipinski definition) is 3. The Hall–Kier alpha value is -1.40. The molecular formula is C12H20N2O4. The number of amides is 1. The van der Waals surface area contributed by atoms with Gasteiger partial charge in [0, 0.05) is 26.3 Å². The average molecular weight is 256 g/mol. The van der Waals surface area contributed by atoms with Gasteiger partial charge in [-0.1, -0.05) is 6.08 Å². The molecule has 1 aliphatic heterocycles. The zero-order valence-electron chi connectivity index (χ0n) is 10.4. The Bertz CT molecular complexity index is 311. The van der Waals surface area contributed by atoms with Crippen LogP contribution in [0.1, 0.15) is 12.8 Å². The summed E-state index contributed by atoms with van der Waals surface area (Å²) in [5.41, 5.74) is -0.883. The number of ether oxygens (including phenoxy) is 1. The van der Waals surface area contributed by atoms with Crippen LogP contribution in [0.5, 0.6) is 0 Å². The molecule has 0 spiro atoms. The third-order valence-electron chi connectivity index (χ3n) is 3.10. The van der Waals surface area contributed by atoms with Crippen molar-refractivity contribution in [2.24, 2.45) is 5.41 Å². The van der Waals surface area contributed by atoms with Gasteiger partial charge in [-0.25, -0.2) is 0 Å². The second kappa shape index (κ2) is 7.13. The lowest BCUT2D eigenvalue weighted by Crippen LogP contribution is -2.48. The van der Waals surface area contributed by atoms with E-state index in [0.29, 0.717) is 32.6 Å². The van der Waals surface area contributed by atoms with Crippen molar-refractivity contribution >= 4 is 11.9 Å². The van der Waals surface area contributed by atoms with Crippen LogP contribution in [0.3, 0.4) is 0 Å². The van der Waals surface area contributed by atoms with Gasteiger partial charge in [0.15, 0.2) is 0 Å². The minimum absolute atomic E-state index is 0.153. The van der Waals surface area contributed by atoms with E-state index in [1.807, 2.05) is 0 Å². The molecule has 0 aromatic heterocycles. The summed E-state index contributed by atoms with van der Waals surface area (Å²) in [7, 11) is 0. The molecule has 6 nitrogen and oxygen atoms in total. The molecule has 1 rings (SSSR count). The highest BCUT2D eigenvalue weighted by atomic mass is 16.5. The van der Waals surface area contributed by atoms with E-state index in [-0.39, 0.29) is 19.0 Å². The second-order valence-corrected chi connectivity index (χ2v) is 4.39. The van der Waals surface area contributed by atoms with Crippen molar-refractivity contribution in [1.29, 1.82) is 0 Å². The molecular weight excluding hydrogens is 236 g/mol. The first kappa shape index (κ1) is 14.7. The van der Waals surface area contributed by atoms with Crippen molar-refractivity contribution in [1.82, 2.24) is 10.6 Å². The van der Waals surface area contributed by atoms with Crippen LogP contribution in [0.2, 0.25) is 0 Å². The lowest BCUT2D eigenvalue weighted by Gasteiger charge is -2.33. The van der Waals surface area contributed by atoms with Crippen LogP contribution in [-0.2, 0) is 14.3 Å². The maximum atomic E-state index is 11.5. The van der Waals surface area contributed by atoms with Gasteiger partial charge in [-0.3, -0.25) is 9.59 Å². The summed E-state index contributed by atoms with van der Waals surface area (Å²) in [6, 6.07) is 0. The Balaban J connectivity index is 2.40. The second-order valence-electron chi connectivity index (χ2n) is 4.39. The first-order valence-corrected chi connectivity index (χ1v) is 6.00. The number of carbonyl (C=O) groups is 2. The molecule has 1 heterocycles. The number of aliphatic carboxylic acids is 1. The van der Waals surface area contributed by atoms with E-state index in [9.17, 15) is 14.7 Å². The summed E-state index contributed by atoms with van der Waals surface area (Å²) < 4.78 is 5.16. The Morgan fingerprint density at radius 2 is 2.06 bits per heavy atom. The molecule has 0 aromatic rings. The zero-order chi connectivity index (χ0) is 13.4. The molecule has 0 aromatic carbocycles. The summed E-state index contributed by atoms with van der Waals surface area (Å²) in [5.74, 6) is -1.07. The van der Waals surface area contributed by atoms with E-state index >= 15 is 0 Å². The first-order chi connectivity index (χ1) is 8.60. The summed E-state index contributed by atoms with van der Waals surface area (Å²) in [6.07, 6.45) is 2.52. The summed E-state index contributed by atoms with van der Waals surface area (Å²) in [4.78, 5) is 22.8. The molecule has 102 valence electrons. The highest BCUT2D eigenvalue weighted by Crippen LogP contribution is 2.29. The molecule has 0 atom stereocenters. The lowest BCUT2D eigenvalue weighted by molar-refractivity contribution is -0.154. The largest absolute Gasteiger partial charge is 0.481 e. The number of carboxylic acids is 1. The zero-order valence-corrected chi connectivity index (χ0v) is 10.4. The fraction of sp³-hybridized carbons (Fsp3) is 0.667. The van der Waals surface area contributed by atoms with Gasteiger partial charge in [0.2, 0.25) is 5.91 Å². The van der Waals surface area contributed by atoms with Crippen LogP contribution in [0.25, 0.3) is 0 Å². The number of carbonyl (C=O) groups excluding carboxylic acids is 1. The van der Waals surface area contributed by atoms with Crippen LogP contribution in [-0.4, -0.2) is 49.8 Å². The highest BCUT2D eigenvalue weighted by Gasteiger charge is 2.40. The molecule has 18 heavy (non-hydrogen) atoms. The third-order valence-corrected chi connectivity index (χ3v) is 3.10. The fourth-order valence-electron chi connectivity index (χ4n) is 1.85. The van der Waals surface area contributed by atoms with E-state index in [2.05, 4.69) is 17.2 Å².